The second kappa shape index (κ2) is 7.36. The molecular weight excluding hydrogens is 252 g/mol. The van der Waals surface area contributed by atoms with Crippen molar-refractivity contribution in [3.05, 3.63) is 35.4 Å². The molecule has 0 saturated carbocycles. The molecule has 1 heterocycles. The van der Waals surface area contributed by atoms with Crippen LogP contribution in [0.15, 0.2) is 24.3 Å². The molecule has 0 aromatic heterocycles. The minimum Gasteiger partial charge on any atom is -0.380 e. The molecule has 0 radical (unpaired) electrons. The maximum atomic E-state index is 12.1. The van der Waals surface area contributed by atoms with Crippen LogP contribution >= 0.6 is 12.4 Å². The van der Waals surface area contributed by atoms with Crippen molar-refractivity contribution in [2.75, 3.05) is 20.2 Å². The second-order valence-electron chi connectivity index (χ2n) is 4.25. The molecule has 1 amide bonds. The van der Waals surface area contributed by atoms with Crippen LogP contribution in [0.4, 0.5) is 0 Å². The molecule has 2 rings (SSSR count). The Morgan fingerprint density at radius 3 is 2.94 bits per heavy atom. The molecule has 18 heavy (non-hydrogen) atoms. The van der Waals surface area contributed by atoms with Crippen molar-refractivity contribution >= 4 is 18.3 Å². The van der Waals surface area contributed by atoms with Crippen LogP contribution in [0.5, 0.6) is 0 Å². The summed E-state index contributed by atoms with van der Waals surface area (Å²) in [6.07, 6.45) is 0.998. The number of nitrogens with one attached hydrogen (secondary N) is 2. The lowest BCUT2D eigenvalue weighted by atomic mass is 10.1. The third kappa shape index (κ3) is 3.70. The van der Waals surface area contributed by atoms with Crippen molar-refractivity contribution in [1.82, 2.24) is 10.6 Å². The van der Waals surface area contributed by atoms with Gasteiger partial charge in [0, 0.05) is 25.3 Å². The molecule has 0 aliphatic carbocycles. The van der Waals surface area contributed by atoms with E-state index in [-0.39, 0.29) is 24.4 Å². The van der Waals surface area contributed by atoms with Gasteiger partial charge in [0.1, 0.15) is 0 Å². The normalized spacial score (nSPS) is 18.2. The Bertz CT molecular complexity index is 392. The number of benzene rings is 1. The van der Waals surface area contributed by atoms with E-state index < -0.39 is 0 Å². The number of hydrogen-bond acceptors (Lipinski definition) is 3. The van der Waals surface area contributed by atoms with Gasteiger partial charge in [0.15, 0.2) is 0 Å². The van der Waals surface area contributed by atoms with E-state index in [2.05, 4.69) is 10.6 Å². The van der Waals surface area contributed by atoms with E-state index in [1.807, 2.05) is 24.3 Å². The third-order valence-corrected chi connectivity index (χ3v) is 2.96. The molecule has 4 nitrogen and oxygen atoms in total. The number of amides is 1. The summed E-state index contributed by atoms with van der Waals surface area (Å²) >= 11 is 0. The lowest BCUT2D eigenvalue weighted by Crippen LogP contribution is -2.36. The van der Waals surface area contributed by atoms with Crippen molar-refractivity contribution in [2.24, 2.45) is 0 Å². The fourth-order valence-electron chi connectivity index (χ4n) is 2.06. The molecule has 1 aliphatic rings. The number of carbonyl (C=O) groups is 1. The molecule has 5 heteroatoms. The summed E-state index contributed by atoms with van der Waals surface area (Å²) in [4.78, 5) is 12.1. The number of methoxy groups -OCH3 is 1. The first-order valence-corrected chi connectivity index (χ1v) is 5.89. The van der Waals surface area contributed by atoms with Gasteiger partial charge in [0.05, 0.1) is 6.61 Å². The quantitative estimate of drug-likeness (QED) is 0.868. The van der Waals surface area contributed by atoms with Gasteiger partial charge in [-0.3, -0.25) is 4.79 Å². The molecule has 100 valence electrons. The second-order valence-corrected chi connectivity index (χ2v) is 4.25. The zero-order chi connectivity index (χ0) is 12.1. The first-order valence-electron chi connectivity index (χ1n) is 5.89. The predicted molar refractivity (Wildman–Crippen MR) is 73.1 cm³/mol. The summed E-state index contributed by atoms with van der Waals surface area (Å²) in [6, 6.07) is 7.80. The van der Waals surface area contributed by atoms with E-state index in [0.29, 0.717) is 12.2 Å². The number of rotatable bonds is 4. The monoisotopic (exact) mass is 270 g/mol. The van der Waals surface area contributed by atoms with E-state index in [0.717, 1.165) is 25.1 Å². The van der Waals surface area contributed by atoms with Crippen molar-refractivity contribution < 1.29 is 9.53 Å². The van der Waals surface area contributed by atoms with Gasteiger partial charge in [0.25, 0.3) is 5.91 Å². The number of halogens is 1. The first kappa shape index (κ1) is 15.0. The lowest BCUT2D eigenvalue weighted by Gasteiger charge is -2.13. The van der Waals surface area contributed by atoms with Crippen LogP contribution in [0, 0.1) is 0 Å². The fourth-order valence-corrected chi connectivity index (χ4v) is 2.06. The largest absolute Gasteiger partial charge is 0.380 e. The molecule has 1 atom stereocenters. The van der Waals surface area contributed by atoms with E-state index in [4.69, 9.17) is 4.74 Å². The summed E-state index contributed by atoms with van der Waals surface area (Å²) in [5.74, 6) is -0.00801. The van der Waals surface area contributed by atoms with Gasteiger partial charge in [-0.25, -0.2) is 0 Å². The third-order valence-electron chi connectivity index (χ3n) is 2.96. The molecule has 0 bridgehead atoms. The van der Waals surface area contributed by atoms with Gasteiger partial charge in [-0.1, -0.05) is 18.2 Å². The van der Waals surface area contributed by atoms with Crippen LogP contribution in [0.25, 0.3) is 0 Å². The van der Waals surface area contributed by atoms with Gasteiger partial charge in [-0.2, -0.15) is 0 Å². The minimum atomic E-state index is -0.00801. The Morgan fingerprint density at radius 1 is 1.50 bits per heavy atom. The molecule has 1 unspecified atom stereocenters. The molecule has 1 saturated heterocycles. The van der Waals surface area contributed by atoms with Crippen LogP contribution in [0.3, 0.4) is 0 Å². The summed E-state index contributed by atoms with van der Waals surface area (Å²) in [7, 11) is 1.63. The van der Waals surface area contributed by atoms with E-state index >= 15 is 0 Å². The van der Waals surface area contributed by atoms with Gasteiger partial charge in [-0.05, 0) is 24.6 Å². The average Bonchev–Trinajstić information content (AvgIpc) is 2.83. The number of ether oxygens (including phenoxy) is 1. The van der Waals surface area contributed by atoms with Crippen molar-refractivity contribution in [2.45, 2.75) is 19.1 Å². The van der Waals surface area contributed by atoms with Crippen LogP contribution in [-0.2, 0) is 11.3 Å². The van der Waals surface area contributed by atoms with Crippen molar-refractivity contribution in [3.63, 3.8) is 0 Å². The molecule has 2 N–H and O–H groups in total. The molecule has 0 spiro atoms. The van der Waals surface area contributed by atoms with Crippen molar-refractivity contribution in [1.29, 1.82) is 0 Å². The molecule has 1 aliphatic heterocycles. The summed E-state index contributed by atoms with van der Waals surface area (Å²) < 4.78 is 5.10. The zero-order valence-corrected chi connectivity index (χ0v) is 11.3. The zero-order valence-electron chi connectivity index (χ0n) is 10.4. The summed E-state index contributed by atoms with van der Waals surface area (Å²) in [6.45, 7) is 2.30. The Labute approximate surface area is 114 Å². The van der Waals surface area contributed by atoms with Gasteiger partial charge >= 0.3 is 0 Å². The maximum absolute atomic E-state index is 12.1. The van der Waals surface area contributed by atoms with Gasteiger partial charge < -0.3 is 15.4 Å². The van der Waals surface area contributed by atoms with Crippen LogP contribution in [-0.4, -0.2) is 32.1 Å². The van der Waals surface area contributed by atoms with Gasteiger partial charge in [-0.15, -0.1) is 12.4 Å². The highest BCUT2D eigenvalue weighted by molar-refractivity contribution is 5.95. The molecule has 1 aromatic carbocycles. The van der Waals surface area contributed by atoms with E-state index in [1.54, 1.807) is 7.11 Å². The lowest BCUT2D eigenvalue weighted by molar-refractivity contribution is 0.0935. The highest BCUT2D eigenvalue weighted by atomic mass is 35.5. The highest BCUT2D eigenvalue weighted by Gasteiger charge is 2.18. The van der Waals surface area contributed by atoms with Crippen LogP contribution in [0.2, 0.25) is 0 Å². The maximum Gasteiger partial charge on any atom is 0.251 e. The van der Waals surface area contributed by atoms with Crippen molar-refractivity contribution in [3.8, 4) is 0 Å². The summed E-state index contributed by atoms with van der Waals surface area (Å²) in [5, 5.41) is 6.27. The standard InChI is InChI=1S/C13H18N2O2.ClH/c1-17-9-10-4-2-3-5-12(10)13(16)15-11-6-7-14-8-11;/h2-5,11,14H,6-9H2,1H3,(H,15,16);1H. The average molecular weight is 271 g/mol. The predicted octanol–water partition coefficient (Wildman–Crippen LogP) is 1.35. The SMILES string of the molecule is COCc1ccccc1C(=O)NC1CCNC1.Cl. The Hall–Kier alpha value is -1.10. The molecular formula is C13H19ClN2O2. The van der Waals surface area contributed by atoms with Crippen LogP contribution in [0.1, 0.15) is 22.3 Å². The topological polar surface area (TPSA) is 50.4 Å². The fraction of sp³-hybridized carbons (Fsp3) is 0.462. The molecule has 1 fully saturated rings. The van der Waals surface area contributed by atoms with E-state index in [9.17, 15) is 4.79 Å². The smallest absolute Gasteiger partial charge is 0.251 e. The number of carbonyl (C=O) groups excluding carboxylic acids is 1. The first-order chi connectivity index (χ1) is 8.31. The minimum absolute atomic E-state index is 0. The summed E-state index contributed by atoms with van der Waals surface area (Å²) in [5.41, 5.74) is 1.64. The Morgan fingerprint density at radius 2 is 2.28 bits per heavy atom. The van der Waals surface area contributed by atoms with Gasteiger partial charge in [0.2, 0.25) is 0 Å². The van der Waals surface area contributed by atoms with Crippen LogP contribution < -0.4 is 10.6 Å². The Kier molecular flexibility index (Phi) is 6.12. The Balaban J connectivity index is 0.00000162. The molecule has 1 aromatic rings. The van der Waals surface area contributed by atoms with E-state index in [1.165, 1.54) is 0 Å². The number of hydrogen-bond donors (Lipinski definition) is 2. The highest BCUT2D eigenvalue weighted by Crippen LogP contribution is 2.10.